The number of hydrogen-bond donors (Lipinski definition) is 1. The standard InChI is InChI=1S/C21H19BrN2O4/c1-23-17-8-4-3-7-14(17)21(26)24(12-13-6-5-9-28-13)20(23)15-10-19(27-2)18(25)11-16(15)22/h3-11,20,25H,12H2,1-2H3/t20-/m0/s1. The molecule has 1 aliphatic rings. The van der Waals surface area contributed by atoms with Crippen molar-refractivity contribution < 1.29 is 19.1 Å². The maximum atomic E-state index is 13.4. The maximum Gasteiger partial charge on any atom is 0.258 e. The average molecular weight is 443 g/mol. The molecule has 6 nitrogen and oxygen atoms in total. The number of amides is 1. The van der Waals surface area contributed by atoms with Gasteiger partial charge >= 0.3 is 0 Å². The Morgan fingerprint density at radius 1 is 1.21 bits per heavy atom. The second kappa shape index (κ2) is 7.24. The van der Waals surface area contributed by atoms with Crippen LogP contribution < -0.4 is 9.64 Å². The van der Waals surface area contributed by atoms with Crippen LogP contribution in [0.2, 0.25) is 0 Å². The fourth-order valence-corrected chi connectivity index (χ4v) is 4.13. The van der Waals surface area contributed by atoms with E-state index in [9.17, 15) is 9.90 Å². The van der Waals surface area contributed by atoms with Gasteiger partial charge in [0.15, 0.2) is 11.5 Å². The van der Waals surface area contributed by atoms with Gasteiger partial charge in [-0.3, -0.25) is 4.79 Å². The maximum absolute atomic E-state index is 13.4. The Kier molecular flexibility index (Phi) is 4.77. The minimum absolute atomic E-state index is 0.0286. The van der Waals surface area contributed by atoms with E-state index in [2.05, 4.69) is 15.9 Å². The molecule has 0 aliphatic carbocycles. The van der Waals surface area contributed by atoms with Gasteiger partial charge in [-0.05, 0) is 36.4 Å². The van der Waals surface area contributed by atoms with Gasteiger partial charge in [-0.25, -0.2) is 0 Å². The molecule has 28 heavy (non-hydrogen) atoms. The highest BCUT2D eigenvalue weighted by Crippen LogP contribution is 2.43. The minimum atomic E-state index is -0.420. The third-order valence-electron chi connectivity index (χ3n) is 4.92. The number of carbonyl (C=O) groups is 1. The molecule has 0 unspecified atom stereocenters. The largest absolute Gasteiger partial charge is 0.504 e. The van der Waals surface area contributed by atoms with E-state index in [1.165, 1.54) is 7.11 Å². The summed E-state index contributed by atoms with van der Waals surface area (Å²) in [6.07, 6.45) is 1.17. The first-order valence-electron chi connectivity index (χ1n) is 8.73. The molecule has 0 saturated carbocycles. The van der Waals surface area contributed by atoms with Gasteiger partial charge < -0.3 is 24.1 Å². The summed E-state index contributed by atoms with van der Waals surface area (Å²) in [5, 5.41) is 10.1. The topological polar surface area (TPSA) is 66.2 Å². The molecule has 0 spiro atoms. The highest BCUT2D eigenvalue weighted by Gasteiger charge is 2.38. The van der Waals surface area contributed by atoms with E-state index in [1.807, 2.05) is 42.3 Å². The lowest BCUT2D eigenvalue weighted by molar-refractivity contribution is 0.0618. The fourth-order valence-electron chi connectivity index (χ4n) is 3.59. The SMILES string of the molecule is COc1cc([C@@H]2N(Cc3ccco3)C(=O)c3ccccc3N2C)c(Br)cc1O. The number of rotatable bonds is 4. The predicted molar refractivity (Wildman–Crippen MR) is 109 cm³/mol. The van der Waals surface area contributed by atoms with Crippen LogP contribution in [0, 0.1) is 0 Å². The van der Waals surface area contributed by atoms with Crippen molar-refractivity contribution in [3.63, 3.8) is 0 Å². The summed E-state index contributed by atoms with van der Waals surface area (Å²) in [6, 6.07) is 14.5. The van der Waals surface area contributed by atoms with Gasteiger partial charge in [0.2, 0.25) is 0 Å². The predicted octanol–water partition coefficient (Wildman–Crippen LogP) is 4.55. The van der Waals surface area contributed by atoms with Crippen molar-refractivity contribution in [1.29, 1.82) is 0 Å². The molecule has 0 radical (unpaired) electrons. The molecule has 3 aromatic rings. The monoisotopic (exact) mass is 442 g/mol. The number of halogens is 1. The van der Waals surface area contributed by atoms with Crippen LogP contribution in [0.5, 0.6) is 11.5 Å². The number of nitrogens with zero attached hydrogens (tertiary/aromatic N) is 2. The number of phenols is 1. The second-order valence-corrected chi connectivity index (χ2v) is 7.41. The normalized spacial score (nSPS) is 16.2. The lowest BCUT2D eigenvalue weighted by Gasteiger charge is -2.44. The van der Waals surface area contributed by atoms with Crippen molar-refractivity contribution in [2.75, 3.05) is 19.1 Å². The summed E-state index contributed by atoms with van der Waals surface area (Å²) in [5.41, 5.74) is 2.27. The van der Waals surface area contributed by atoms with Gasteiger partial charge in [0.1, 0.15) is 11.9 Å². The van der Waals surface area contributed by atoms with Crippen LogP contribution >= 0.6 is 15.9 Å². The number of anilines is 1. The summed E-state index contributed by atoms with van der Waals surface area (Å²) in [6.45, 7) is 0.310. The van der Waals surface area contributed by atoms with Crippen molar-refractivity contribution in [2.45, 2.75) is 12.7 Å². The van der Waals surface area contributed by atoms with Crippen LogP contribution in [0.15, 0.2) is 63.7 Å². The van der Waals surface area contributed by atoms with Gasteiger partial charge in [-0.1, -0.05) is 28.1 Å². The van der Waals surface area contributed by atoms with Gasteiger partial charge in [-0.15, -0.1) is 0 Å². The molecule has 1 aliphatic heterocycles. The van der Waals surface area contributed by atoms with Crippen molar-refractivity contribution >= 4 is 27.5 Å². The van der Waals surface area contributed by atoms with Crippen LogP contribution in [0.4, 0.5) is 5.69 Å². The third kappa shape index (κ3) is 3.01. The highest BCUT2D eigenvalue weighted by molar-refractivity contribution is 9.10. The Morgan fingerprint density at radius 3 is 2.71 bits per heavy atom. The Hall–Kier alpha value is -2.93. The summed E-state index contributed by atoms with van der Waals surface area (Å²) in [4.78, 5) is 17.2. The molecular formula is C21H19BrN2O4. The molecule has 0 saturated heterocycles. The zero-order valence-corrected chi connectivity index (χ0v) is 17.0. The molecule has 1 N–H and O–H groups in total. The second-order valence-electron chi connectivity index (χ2n) is 6.56. The van der Waals surface area contributed by atoms with Crippen LogP contribution in [0.25, 0.3) is 0 Å². The minimum Gasteiger partial charge on any atom is -0.504 e. The molecule has 4 rings (SSSR count). The Labute approximate surface area is 171 Å². The molecule has 1 amide bonds. The third-order valence-corrected chi connectivity index (χ3v) is 5.61. The lowest BCUT2D eigenvalue weighted by Crippen LogP contribution is -2.47. The van der Waals surface area contributed by atoms with Gasteiger partial charge in [0.25, 0.3) is 5.91 Å². The summed E-state index contributed by atoms with van der Waals surface area (Å²) < 4.78 is 11.5. The van der Waals surface area contributed by atoms with Crippen molar-refractivity contribution in [1.82, 2.24) is 4.90 Å². The van der Waals surface area contributed by atoms with Gasteiger partial charge in [-0.2, -0.15) is 0 Å². The first-order valence-corrected chi connectivity index (χ1v) is 9.52. The number of hydrogen-bond acceptors (Lipinski definition) is 5. The van der Waals surface area contributed by atoms with E-state index < -0.39 is 6.17 Å². The van der Waals surface area contributed by atoms with E-state index in [0.717, 1.165) is 11.3 Å². The van der Waals surface area contributed by atoms with Crippen molar-refractivity contribution in [2.24, 2.45) is 0 Å². The number of fused-ring (bicyclic) bond motifs is 1. The van der Waals surface area contributed by atoms with Crippen LogP contribution in [0.1, 0.15) is 27.8 Å². The first kappa shape index (κ1) is 18.4. The number of ether oxygens (including phenoxy) is 1. The van der Waals surface area contributed by atoms with Crippen LogP contribution in [-0.4, -0.2) is 30.1 Å². The quantitative estimate of drug-likeness (QED) is 0.641. The molecule has 0 bridgehead atoms. The molecule has 2 aromatic carbocycles. The Balaban J connectivity index is 1.88. The van der Waals surface area contributed by atoms with Crippen molar-refractivity contribution in [3.05, 3.63) is 76.2 Å². The number of aromatic hydroxyl groups is 1. The molecule has 0 fully saturated rings. The molecular weight excluding hydrogens is 424 g/mol. The number of benzene rings is 2. The Bertz CT molecular complexity index is 1020. The highest BCUT2D eigenvalue weighted by atomic mass is 79.9. The molecule has 1 aromatic heterocycles. The number of methoxy groups -OCH3 is 1. The lowest BCUT2D eigenvalue weighted by atomic mass is 10.0. The van der Waals surface area contributed by atoms with E-state index >= 15 is 0 Å². The number of para-hydroxylation sites is 1. The van der Waals surface area contributed by atoms with Gasteiger partial charge in [0, 0.05) is 17.1 Å². The molecule has 2 heterocycles. The van der Waals surface area contributed by atoms with E-state index in [4.69, 9.17) is 9.15 Å². The van der Waals surface area contributed by atoms with Crippen LogP contribution in [-0.2, 0) is 6.54 Å². The summed E-state index contributed by atoms with van der Waals surface area (Å²) in [5.74, 6) is 0.971. The zero-order chi connectivity index (χ0) is 19.8. The van der Waals surface area contributed by atoms with E-state index in [-0.39, 0.29) is 11.7 Å². The molecule has 144 valence electrons. The van der Waals surface area contributed by atoms with Crippen molar-refractivity contribution in [3.8, 4) is 11.5 Å². The summed E-state index contributed by atoms with van der Waals surface area (Å²) >= 11 is 3.54. The molecule has 1 atom stereocenters. The van der Waals surface area contributed by atoms with Crippen LogP contribution in [0.3, 0.4) is 0 Å². The average Bonchev–Trinajstić information content (AvgIpc) is 3.20. The molecule has 7 heteroatoms. The number of phenolic OH excluding ortho intramolecular Hbond substituents is 1. The number of carbonyl (C=O) groups excluding carboxylic acids is 1. The fraction of sp³-hybridized carbons (Fsp3) is 0.190. The smallest absolute Gasteiger partial charge is 0.258 e. The van der Waals surface area contributed by atoms with Gasteiger partial charge in [0.05, 0.1) is 31.2 Å². The van der Waals surface area contributed by atoms with E-state index in [1.54, 1.807) is 29.4 Å². The summed E-state index contributed by atoms with van der Waals surface area (Å²) in [7, 11) is 3.44. The zero-order valence-electron chi connectivity index (χ0n) is 15.4. The Morgan fingerprint density at radius 2 is 2.00 bits per heavy atom. The first-order chi connectivity index (χ1) is 13.5. The van der Waals surface area contributed by atoms with E-state index in [0.29, 0.717) is 28.1 Å². The number of furan rings is 1.